The minimum atomic E-state index is -0.103. The van der Waals surface area contributed by atoms with Crippen molar-refractivity contribution in [3.63, 3.8) is 0 Å². The Kier molecular flexibility index (Phi) is 5.97. The molecule has 1 aliphatic heterocycles. The van der Waals surface area contributed by atoms with Crippen LogP contribution in [0.1, 0.15) is 43.0 Å². The summed E-state index contributed by atoms with van der Waals surface area (Å²) in [6.45, 7) is 2.98. The minimum absolute atomic E-state index is 0.103. The largest absolute Gasteiger partial charge is 0.339 e. The molecule has 0 saturated heterocycles. The number of aromatic nitrogens is 5. The van der Waals surface area contributed by atoms with Crippen LogP contribution in [0.3, 0.4) is 0 Å². The molecule has 0 spiro atoms. The van der Waals surface area contributed by atoms with Crippen LogP contribution in [-0.4, -0.2) is 30.8 Å². The third kappa shape index (κ3) is 4.84. The van der Waals surface area contributed by atoms with Crippen LogP contribution in [0.25, 0.3) is 22.8 Å². The maximum absolute atomic E-state index is 12.4. The third-order valence-electron chi connectivity index (χ3n) is 5.88. The van der Waals surface area contributed by atoms with Gasteiger partial charge in [0.05, 0.1) is 0 Å². The van der Waals surface area contributed by atoms with Gasteiger partial charge in [0.25, 0.3) is 0 Å². The molecule has 1 N–H and O–H groups in total. The fourth-order valence-electron chi connectivity index (χ4n) is 4.02. The highest BCUT2D eigenvalue weighted by Crippen LogP contribution is 2.24. The van der Waals surface area contributed by atoms with Gasteiger partial charge in [0, 0.05) is 42.6 Å². The van der Waals surface area contributed by atoms with Gasteiger partial charge in [-0.05, 0) is 44.0 Å². The number of nitrogens with zero attached hydrogens (tertiary/aromatic N) is 5. The van der Waals surface area contributed by atoms with E-state index in [1.807, 2.05) is 55.5 Å². The summed E-state index contributed by atoms with van der Waals surface area (Å²) in [5.74, 6) is 2.84. The van der Waals surface area contributed by atoms with Gasteiger partial charge in [-0.15, -0.1) is 10.2 Å². The Labute approximate surface area is 192 Å². The molecule has 33 heavy (non-hydrogen) atoms. The van der Waals surface area contributed by atoms with Gasteiger partial charge in [-0.25, -0.2) is 0 Å². The number of amides is 1. The molecule has 2 aromatic heterocycles. The quantitative estimate of drug-likeness (QED) is 0.468. The second kappa shape index (κ2) is 9.36. The van der Waals surface area contributed by atoms with Crippen molar-refractivity contribution in [3.8, 4) is 22.8 Å². The van der Waals surface area contributed by atoms with Crippen molar-refractivity contribution in [3.05, 3.63) is 65.8 Å². The predicted octanol–water partition coefficient (Wildman–Crippen LogP) is 4.60. The number of fused-ring (bicyclic) bond motifs is 1. The maximum atomic E-state index is 12.4. The van der Waals surface area contributed by atoms with Crippen molar-refractivity contribution in [2.45, 2.75) is 52.0 Å². The molecular formula is C25H26N6O2. The molecule has 0 fully saturated rings. The summed E-state index contributed by atoms with van der Waals surface area (Å²) in [5.41, 5.74) is 3.81. The summed E-state index contributed by atoms with van der Waals surface area (Å²) >= 11 is 0. The van der Waals surface area contributed by atoms with Crippen LogP contribution in [0.15, 0.2) is 53.1 Å². The monoisotopic (exact) mass is 442 g/mol. The molecule has 8 nitrogen and oxygen atoms in total. The number of hydrogen-bond donors (Lipinski definition) is 1. The number of carbonyl (C=O) groups is 1. The van der Waals surface area contributed by atoms with Crippen LogP contribution < -0.4 is 5.32 Å². The third-order valence-corrected chi connectivity index (χ3v) is 5.88. The Morgan fingerprint density at radius 2 is 1.79 bits per heavy atom. The van der Waals surface area contributed by atoms with Crippen molar-refractivity contribution in [1.82, 2.24) is 24.9 Å². The summed E-state index contributed by atoms with van der Waals surface area (Å²) < 4.78 is 7.52. The predicted molar refractivity (Wildman–Crippen MR) is 124 cm³/mol. The highest BCUT2D eigenvalue weighted by Gasteiger charge is 2.16. The first-order chi connectivity index (χ1) is 16.2. The maximum Gasteiger partial charge on any atom is 0.227 e. The average Bonchev–Trinajstić information content (AvgIpc) is 3.40. The number of aryl methyl sites for hydroxylation is 3. The van der Waals surface area contributed by atoms with E-state index in [-0.39, 0.29) is 12.3 Å². The minimum Gasteiger partial charge on any atom is -0.339 e. The highest BCUT2D eigenvalue weighted by molar-refractivity contribution is 5.91. The van der Waals surface area contributed by atoms with Gasteiger partial charge in [-0.2, -0.15) is 4.98 Å². The Bertz CT molecular complexity index is 1240. The Morgan fingerprint density at radius 1 is 1.00 bits per heavy atom. The van der Waals surface area contributed by atoms with Crippen LogP contribution in [0.5, 0.6) is 0 Å². The smallest absolute Gasteiger partial charge is 0.227 e. The lowest BCUT2D eigenvalue weighted by Crippen LogP contribution is -2.12. The number of nitrogens with one attached hydrogen (secondary N) is 1. The molecule has 0 aliphatic carbocycles. The second-order valence-electron chi connectivity index (χ2n) is 8.41. The molecule has 0 bridgehead atoms. The molecule has 4 aromatic rings. The second-order valence-corrected chi connectivity index (χ2v) is 8.41. The van der Waals surface area contributed by atoms with Gasteiger partial charge in [-0.3, -0.25) is 4.79 Å². The molecule has 3 heterocycles. The van der Waals surface area contributed by atoms with Crippen LogP contribution >= 0.6 is 0 Å². The van der Waals surface area contributed by atoms with E-state index in [0.717, 1.165) is 47.8 Å². The van der Waals surface area contributed by atoms with Crippen molar-refractivity contribution >= 4 is 11.6 Å². The lowest BCUT2D eigenvalue weighted by molar-refractivity contribution is -0.116. The molecule has 168 valence electrons. The number of hydrogen-bond acceptors (Lipinski definition) is 6. The van der Waals surface area contributed by atoms with Crippen molar-refractivity contribution in [1.29, 1.82) is 0 Å². The first kappa shape index (κ1) is 21.1. The molecule has 0 radical (unpaired) electrons. The molecule has 0 saturated carbocycles. The van der Waals surface area contributed by atoms with Crippen LogP contribution in [0, 0.1) is 6.92 Å². The van der Waals surface area contributed by atoms with Gasteiger partial charge >= 0.3 is 0 Å². The average molecular weight is 443 g/mol. The lowest BCUT2D eigenvalue weighted by Gasteiger charge is -2.08. The van der Waals surface area contributed by atoms with E-state index < -0.39 is 0 Å². The van der Waals surface area contributed by atoms with E-state index in [1.54, 1.807) is 0 Å². The van der Waals surface area contributed by atoms with E-state index in [1.165, 1.54) is 18.4 Å². The van der Waals surface area contributed by atoms with E-state index in [4.69, 9.17) is 4.52 Å². The van der Waals surface area contributed by atoms with Gasteiger partial charge < -0.3 is 14.4 Å². The molecule has 5 rings (SSSR count). The lowest BCUT2D eigenvalue weighted by atomic mass is 10.1. The Balaban J connectivity index is 1.17. The SMILES string of the molecule is Cc1ccc(-c2noc(CCC(=O)Nc3ccc(-c4nnc5n4CCCCC5)cc3)n2)cc1. The first-order valence-corrected chi connectivity index (χ1v) is 11.4. The Hall–Kier alpha value is -3.81. The van der Waals surface area contributed by atoms with Gasteiger partial charge in [0.2, 0.25) is 17.6 Å². The molecular weight excluding hydrogens is 416 g/mol. The molecule has 0 atom stereocenters. The molecule has 2 aromatic carbocycles. The normalized spacial score (nSPS) is 13.4. The summed E-state index contributed by atoms with van der Waals surface area (Å²) in [4.78, 5) is 16.8. The summed E-state index contributed by atoms with van der Waals surface area (Å²) in [6.07, 6.45) is 5.17. The standard InChI is InChI=1S/C25H26N6O2/c1-17-6-8-18(9-7-17)24-27-23(33-30-24)15-14-22(32)26-20-12-10-19(11-13-20)25-29-28-21-5-3-2-4-16-31(21)25/h6-13H,2-5,14-16H2,1H3,(H,26,32). The molecule has 1 aliphatic rings. The highest BCUT2D eigenvalue weighted by atomic mass is 16.5. The number of carbonyl (C=O) groups excluding carboxylic acids is 1. The van der Waals surface area contributed by atoms with E-state index >= 15 is 0 Å². The number of anilines is 1. The molecule has 8 heteroatoms. The fourth-order valence-corrected chi connectivity index (χ4v) is 4.02. The van der Waals surface area contributed by atoms with Crippen LogP contribution in [0.2, 0.25) is 0 Å². The van der Waals surface area contributed by atoms with Gasteiger partial charge in [0.15, 0.2) is 5.82 Å². The zero-order chi connectivity index (χ0) is 22.6. The zero-order valence-corrected chi connectivity index (χ0v) is 18.6. The fraction of sp³-hybridized carbons (Fsp3) is 0.320. The summed E-state index contributed by atoms with van der Waals surface area (Å²) in [5, 5.41) is 15.7. The first-order valence-electron chi connectivity index (χ1n) is 11.4. The van der Waals surface area contributed by atoms with E-state index in [0.29, 0.717) is 18.1 Å². The zero-order valence-electron chi connectivity index (χ0n) is 18.6. The number of rotatable bonds is 6. The number of benzene rings is 2. The van der Waals surface area contributed by atoms with Crippen LogP contribution in [0.4, 0.5) is 5.69 Å². The van der Waals surface area contributed by atoms with E-state index in [2.05, 4.69) is 30.2 Å². The molecule has 1 amide bonds. The van der Waals surface area contributed by atoms with Crippen molar-refractivity contribution < 1.29 is 9.32 Å². The summed E-state index contributed by atoms with van der Waals surface area (Å²) in [7, 11) is 0. The van der Waals surface area contributed by atoms with Crippen LogP contribution in [-0.2, 0) is 24.2 Å². The topological polar surface area (TPSA) is 98.7 Å². The Morgan fingerprint density at radius 3 is 2.61 bits per heavy atom. The summed E-state index contributed by atoms with van der Waals surface area (Å²) in [6, 6.07) is 15.7. The van der Waals surface area contributed by atoms with Gasteiger partial charge in [-0.1, -0.05) is 41.4 Å². The van der Waals surface area contributed by atoms with Crippen molar-refractivity contribution in [2.75, 3.05) is 5.32 Å². The van der Waals surface area contributed by atoms with Gasteiger partial charge in [0.1, 0.15) is 5.82 Å². The molecule has 0 unspecified atom stereocenters. The van der Waals surface area contributed by atoms with Crippen molar-refractivity contribution in [2.24, 2.45) is 0 Å². The van der Waals surface area contributed by atoms with E-state index in [9.17, 15) is 4.79 Å².